The van der Waals surface area contributed by atoms with E-state index in [9.17, 15) is 0 Å². The van der Waals surface area contributed by atoms with E-state index in [4.69, 9.17) is 34.8 Å². The minimum absolute atomic E-state index is 0.113. The lowest BCUT2D eigenvalue weighted by molar-refractivity contribution is 0.925. The number of nitrogens with zero attached hydrogens (tertiary/aromatic N) is 3. The lowest BCUT2D eigenvalue weighted by Crippen LogP contribution is -2.08. The Morgan fingerprint density at radius 2 is 1.62 bits per heavy atom. The van der Waals surface area contributed by atoms with Gasteiger partial charge in [0.25, 0.3) is 0 Å². The second-order valence-electron chi connectivity index (χ2n) is 4.61. The van der Waals surface area contributed by atoms with Crippen molar-refractivity contribution in [3.05, 3.63) is 54.1 Å². The summed E-state index contributed by atoms with van der Waals surface area (Å²) in [6.45, 7) is 2.06. The van der Waals surface area contributed by atoms with Crippen molar-refractivity contribution in [1.82, 2.24) is 15.0 Å². The molecule has 3 aromatic rings. The van der Waals surface area contributed by atoms with Crippen LogP contribution in [-0.4, -0.2) is 15.0 Å². The second kappa shape index (κ2) is 5.41. The molecule has 0 aliphatic rings. The fourth-order valence-corrected chi connectivity index (χ4v) is 2.48. The van der Waals surface area contributed by atoms with Crippen LogP contribution >= 0.6 is 34.8 Å². The summed E-state index contributed by atoms with van der Waals surface area (Å²) in [5.41, 5.74) is 2.07. The largest absolute Gasteiger partial charge is 0.250 e. The first-order valence-corrected chi connectivity index (χ1v) is 7.35. The molecule has 0 aliphatic carbocycles. The van der Waals surface area contributed by atoms with E-state index in [-0.39, 0.29) is 5.82 Å². The standard InChI is InChI=1S/C15H10Cl3N3/c1-9-6-7-12(11-5-3-2-4-10(9)11)13-19-8-20-14(21-13)15(16,17)18/h2-8H,1H3. The van der Waals surface area contributed by atoms with Crippen molar-refractivity contribution in [1.29, 1.82) is 0 Å². The molecule has 0 fully saturated rings. The van der Waals surface area contributed by atoms with Crippen molar-refractivity contribution >= 4 is 45.6 Å². The minimum Gasteiger partial charge on any atom is -0.217 e. The molecule has 0 N–H and O–H groups in total. The highest BCUT2D eigenvalue weighted by Gasteiger charge is 2.27. The molecule has 21 heavy (non-hydrogen) atoms. The van der Waals surface area contributed by atoms with Gasteiger partial charge in [0.05, 0.1) is 0 Å². The summed E-state index contributed by atoms with van der Waals surface area (Å²) < 4.78 is -1.67. The van der Waals surface area contributed by atoms with Crippen LogP contribution in [0.5, 0.6) is 0 Å². The molecule has 1 aromatic heterocycles. The van der Waals surface area contributed by atoms with Gasteiger partial charge in [-0.1, -0.05) is 71.2 Å². The zero-order valence-electron chi connectivity index (χ0n) is 11.0. The molecular formula is C15H10Cl3N3. The minimum atomic E-state index is -1.67. The highest BCUT2D eigenvalue weighted by atomic mass is 35.6. The molecule has 0 aliphatic heterocycles. The quantitative estimate of drug-likeness (QED) is 0.597. The Bertz CT molecular complexity index is 813. The summed E-state index contributed by atoms with van der Waals surface area (Å²) >= 11 is 17.5. The molecule has 0 amide bonds. The van der Waals surface area contributed by atoms with Gasteiger partial charge in [-0.05, 0) is 23.3 Å². The summed E-state index contributed by atoms with van der Waals surface area (Å²) in [5, 5.41) is 2.20. The smallest absolute Gasteiger partial charge is 0.217 e. The van der Waals surface area contributed by atoms with E-state index in [1.165, 1.54) is 11.9 Å². The Morgan fingerprint density at radius 3 is 2.33 bits per heavy atom. The fraction of sp³-hybridized carbons (Fsp3) is 0.133. The molecule has 3 nitrogen and oxygen atoms in total. The van der Waals surface area contributed by atoms with E-state index in [0.29, 0.717) is 5.82 Å². The van der Waals surface area contributed by atoms with Crippen LogP contribution in [-0.2, 0) is 3.79 Å². The predicted octanol–water partition coefficient (Wildman–Crippen LogP) is 4.83. The van der Waals surface area contributed by atoms with Crippen LogP contribution in [0.4, 0.5) is 0 Å². The predicted molar refractivity (Wildman–Crippen MR) is 86.7 cm³/mol. The van der Waals surface area contributed by atoms with Crippen molar-refractivity contribution in [2.24, 2.45) is 0 Å². The van der Waals surface area contributed by atoms with Crippen molar-refractivity contribution in [3.63, 3.8) is 0 Å². The van der Waals surface area contributed by atoms with E-state index in [0.717, 1.165) is 16.3 Å². The van der Waals surface area contributed by atoms with Crippen LogP contribution in [0.3, 0.4) is 0 Å². The van der Waals surface area contributed by atoms with E-state index in [2.05, 4.69) is 27.9 Å². The molecule has 0 bridgehead atoms. The topological polar surface area (TPSA) is 38.7 Å². The molecule has 0 radical (unpaired) electrons. The first-order chi connectivity index (χ1) is 9.97. The number of alkyl halides is 3. The van der Waals surface area contributed by atoms with Gasteiger partial charge in [-0.3, -0.25) is 0 Å². The van der Waals surface area contributed by atoms with Gasteiger partial charge in [0.1, 0.15) is 6.33 Å². The molecule has 106 valence electrons. The number of aryl methyl sites for hydroxylation is 1. The van der Waals surface area contributed by atoms with Gasteiger partial charge in [0.2, 0.25) is 3.79 Å². The van der Waals surface area contributed by atoms with E-state index in [1.54, 1.807) is 0 Å². The third-order valence-electron chi connectivity index (χ3n) is 3.21. The van der Waals surface area contributed by atoms with Gasteiger partial charge in [0.15, 0.2) is 11.6 Å². The van der Waals surface area contributed by atoms with Crippen LogP contribution in [0, 0.1) is 6.92 Å². The first kappa shape index (κ1) is 14.5. The highest BCUT2D eigenvalue weighted by Crippen LogP contribution is 2.36. The van der Waals surface area contributed by atoms with Gasteiger partial charge in [-0.15, -0.1) is 0 Å². The maximum atomic E-state index is 5.84. The van der Waals surface area contributed by atoms with E-state index < -0.39 is 3.79 Å². The Hall–Kier alpha value is -1.42. The van der Waals surface area contributed by atoms with Crippen LogP contribution < -0.4 is 0 Å². The van der Waals surface area contributed by atoms with Gasteiger partial charge in [0, 0.05) is 5.56 Å². The van der Waals surface area contributed by atoms with Crippen molar-refractivity contribution < 1.29 is 0 Å². The number of benzene rings is 2. The fourth-order valence-electron chi connectivity index (χ4n) is 2.21. The Labute approximate surface area is 136 Å². The van der Waals surface area contributed by atoms with Crippen molar-refractivity contribution in [3.8, 4) is 11.4 Å². The number of aromatic nitrogens is 3. The summed E-state index contributed by atoms with van der Waals surface area (Å²) in [4.78, 5) is 12.4. The zero-order valence-corrected chi connectivity index (χ0v) is 13.3. The molecule has 0 saturated carbocycles. The average Bonchev–Trinajstić information content (AvgIpc) is 2.47. The SMILES string of the molecule is Cc1ccc(-c2ncnc(C(Cl)(Cl)Cl)n2)c2ccccc12. The zero-order chi connectivity index (χ0) is 15.0. The molecule has 0 saturated heterocycles. The molecule has 3 rings (SSSR count). The first-order valence-electron chi connectivity index (χ1n) is 6.22. The third-order valence-corrected chi connectivity index (χ3v) is 3.72. The Balaban J connectivity index is 2.24. The number of hydrogen-bond donors (Lipinski definition) is 0. The molecule has 6 heteroatoms. The summed E-state index contributed by atoms with van der Waals surface area (Å²) in [5.74, 6) is 0.602. The van der Waals surface area contributed by atoms with Gasteiger partial charge in [-0.2, -0.15) is 0 Å². The number of hydrogen-bond acceptors (Lipinski definition) is 3. The molecule has 2 aromatic carbocycles. The third kappa shape index (κ3) is 2.82. The van der Waals surface area contributed by atoms with Crippen LogP contribution in [0.25, 0.3) is 22.2 Å². The number of rotatable bonds is 1. The maximum Gasteiger partial charge on any atom is 0.250 e. The Morgan fingerprint density at radius 1 is 0.905 bits per heavy atom. The Kier molecular flexibility index (Phi) is 3.74. The normalized spacial score (nSPS) is 11.8. The summed E-state index contributed by atoms with van der Waals surface area (Å²) in [6, 6.07) is 12.1. The summed E-state index contributed by atoms with van der Waals surface area (Å²) in [7, 11) is 0. The van der Waals surface area contributed by atoms with Gasteiger partial charge in [-0.25, -0.2) is 15.0 Å². The van der Waals surface area contributed by atoms with E-state index >= 15 is 0 Å². The second-order valence-corrected chi connectivity index (χ2v) is 6.89. The average molecular weight is 339 g/mol. The highest BCUT2D eigenvalue weighted by molar-refractivity contribution is 6.66. The number of fused-ring (bicyclic) bond motifs is 1. The van der Waals surface area contributed by atoms with Crippen LogP contribution in [0.1, 0.15) is 11.4 Å². The number of halogens is 3. The van der Waals surface area contributed by atoms with Crippen LogP contribution in [0.15, 0.2) is 42.7 Å². The van der Waals surface area contributed by atoms with Crippen molar-refractivity contribution in [2.45, 2.75) is 10.7 Å². The molecular weight excluding hydrogens is 329 g/mol. The molecule has 0 spiro atoms. The molecule has 0 unspecified atom stereocenters. The van der Waals surface area contributed by atoms with Gasteiger partial charge >= 0.3 is 0 Å². The summed E-state index contributed by atoms with van der Waals surface area (Å²) in [6.07, 6.45) is 1.36. The van der Waals surface area contributed by atoms with Crippen molar-refractivity contribution in [2.75, 3.05) is 0 Å². The maximum absolute atomic E-state index is 5.84. The van der Waals surface area contributed by atoms with E-state index in [1.807, 2.05) is 30.3 Å². The lowest BCUT2D eigenvalue weighted by atomic mass is 10.00. The van der Waals surface area contributed by atoms with Crippen LogP contribution in [0.2, 0.25) is 0 Å². The van der Waals surface area contributed by atoms with Gasteiger partial charge < -0.3 is 0 Å². The monoisotopic (exact) mass is 337 g/mol. The lowest BCUT2D eigenvalue weighted by Gasteiger charge is -2.11. The molecule has 0 atom stereocenters. The molecule has 1 heterocycles.